The van der Waals surface area contributed by atoms with E-state index < -0.39 is 0 Å². The second-order valence-corrected chi connectivity index (χ2v) is 7.98. The summed E-state index contributed by atoms with van der Waals surface area (Å²) in [6.07, 6.45) is 0.252. The molecule has 0 bridgehead atoms. The largest absolute Gasteiger partial charge is 0.379 e. The van der Waals surface area contributed by atoms with E-state index >= 15 is 0 Å². The van der Waals surface area contributed by atoms with E-state index in [1.54, 1.807) is 11.3 Å². The molecule has 1 aromatic carbocycles. The number of benzene rings is 1. The number of carbonyl (C=O) groups excluding carboxylic acids is 1. The molecule has 0 unspecified atom stereocenters. The normalized spacial score (nSPS) is 15.0. The standard InChI is InChI=1S/C19H20N4O2S2/c24-17(10-15-12-26-18(20-15)14-4-2-1-3-5-14)22-19-21-16(13-27-19)11-23-6-8-25-9-7-23/h1-5,12-13H,6-11H2,(H,21,22,24). The highest BCUT2D eigenvalue weighted by atomic mass is 32.1. The zero-order chi connectivity index (χ0) is 18.5. The number of nitrogens with zero attached hydrogens (tertiary/aromatic N) is 3. The minimum atomic E-state index is -0.0906. The van der Waals surface area contributed by atoms with Crippen molar-refractivity contribution in [2.75, 3.05) is 31.6 Å². The van der Waals surface area contributed by atoms with Crippen molar-refractivity contribution in [2.24, 2.45) is 0 Å². The number of anilines is 1. The number of hydrogen-bond donors (Lipinski definition) is 1. The van der Waals surface area contributed by atoms with Crippen molar-refractivity contribution in [3.05, 3.63) is 52.5 Å². The Morgan fingerprint density at radius 2 is 1.85 bits per heavy atom. The second kappa shape index (κ2) is 8.71. The smallest absolute Gasteiger partial charge is 0.232 e. The highest BCUT2D eigenvalue weighted by Crippen LogP contribution is 2.24. The van der Waals surface area contributed by atoms with Crippen LogP contribution in [-0.4, -0.2) is 47.1 Å². The van der Waals surface area contributed by atoms with Crippen LogP contribution in [0.5, 0.6) is 0 Å². The fraction of sp³-hybridized carbons (Fsp3) is 0.316. The van der Waals surface area contributed by atoms with Gasteiger partial charge in [0.2, 0.25) is 5.91 Å². The second-order valence-electron chi connectivity index (χ2n) is 6.27. The molecule has 1 saturated heterocycles. The molecule has 0 spiro atoms. The Morgan fingerprint density at radius 1 is 1.07 bits per heavy atom. The summed E-state index contributed by atoms with van der Waals surface area (Å²) in [4.78, 5) is 23.7. The molecule has 0 radical (unpaired) electrons. The molecule has 0 atom stereocenters. The van der Waals surface area contributed by atoms with Crippen LogP contribution in [0.1, 0.15) is 11.4 Å². The third-order valence-electron chi connectivity index (χ3n) is 4.20. The quantitative estimate of drug-likeness (QED) is 0.688. The first-order valence-electron chi connectivity index (χ1n) is 8.80. The van der Waals surface area contributed by atoms with Crippen LogP contribution in [0.25, 0.3) is 10.6 Å². The molecule has 1 aliphatic heterocycles. The summed E-state index contributed by atoms with van der Waals surface area (Å²) in [5.74, 6) is -0.0906. The molecule has 1 N–H and O–H groups in total. The van der Waals surface area contributed by atoms with Crippen molar-refractivity contribution in [1.82, 2.24) is 14.9 Å². The van der Waals surface area contributed by atoms with Gasteiger partial charge in [-0.2, -0.15) is 0 Å². The molecule has 0 aliphatic carbocycles. The lowest BCUT2D eigenvalue weighted by molar-refractivity contribution is -0.115. The van der Waals surface area contributed by atoms with Crippen LogP contribution in [0.2, 0.25) is 0 Å². The van der Waals surface area contributed by atoms with Crippen molar-refractivity contribution in [2.45, 2.75) is 13.0 Å². The van der Waals surface area contributed by atoms with Gasteiger partial charge in [-0.05, 0) is 0 Å². The number of thiazole rings is 2. The molecule has 1 amide bonds. The summed E-state index contributed by atoms with van der Waals surface area (Å²) < 4.78 is 5.36. The molecule has 2 aromatic heterocycles. The summed E-state index contributed by atoms with van der Waals surface area (Å²) in [7, 11) is 0. The Hall–Kier alpha value is -2.13. The Morgan fingerprint density at radius 3 is 2.67 bits per heavy atom. The summed E-state index contributed by atoms with van der Waals surface area (Å²) in [6, 6.07) is 10.00. The number of amides is 1. The van der Waals surface area contributed by atoms with Crippen LogP contribution < -0.4 is 5.32 Å². The molecule has 27 heavy (non-hydrogen) atoms. The maximum atomic E-state index is 12.3. The Balaban J connectivity index is 1.31. The van der Waals surface area contributed by atoms with Gasteiger partial charge in [0.1, 0.15) is 5.01 Å². The first kappa shape index (κ1) is 18.2. The number of ether oxygens (including phenoxy) is 1. The lowest BCUT2D eigenvalue weighted by atomic mass is 10.2. The van der Waals surface area contributed by atoms with Gasteiger partial charge in [0.05, 0.1) is 31.0 Å². The van der Waals surface area contributed by atoms with Gasteiger partial charge in [-0.25, -0.2) is 9.97 Å². The maximum absolute atomic E-state index is 12.3. The maximum Gasteiger partial charge on any atom is 0.232 e. The van der Waals surface area contributed by atoms with Gasteiger partial charge in [-0.15, -0.1) is 22.7 Å². The van der Waals surface area contributed by atoms with Gasteiger partial charge >= 0.3 is 0 Å². The first-order chi connectivity index (χ1) is 13.3. The lowest BCUT2D eigenvalue weighted by Gasteiger charge is -2.25. The highest BCUT2D eigenvalue weighted by molar-refractivity contribution is 7.14. The van der Waals surface area contributed by atoms with Gasteiger partial charge in [-0.3, -0.25) is 9.69 Å². The monoisotopic (exact) mass is 400 g/mol. The average molecular weight is 401 g/mol. The van der Waals surface area contributed by atoms with Gasteiger partial charge in [0.15, 0.2) is 5.13 Å². The molecule has 3 aromatic rings. The Kier molecular flexibility index (Phi) is 5.88. The fourth-order valence-electron chi connectivity index (χ4n) is 2.85. The zero-order valence-corrected chi connectivity index (χ0v) is 16.4. The number of aromatic nitrogens is 2. The van der Waals surface area contributed by atoms with E-state index in [0.29, 0.717) is 5.13 Å². The third kappa shape index (κ3) is 4.98. The fourth-order valence-corrected chi connectivity index (χ4v) is 4.40. The number of rotatable bonds is 6. The van der Waals surface area contributed by atoms with E-state index in [-0.39, 0.29) is 12.3 Å². The molecular weight excluding hydrogens is 380 g/mol. The predicted molar refractivity (Wildman–Crippen MR) is 108 cm³/mol. The first-order valence-corrected chi connectivity index (χ1v) is 10.6. The predicted octanol–water partition coefficient (Wildman–Crippen LogP) is 3.28. The molecule has 8 heteroatoms. The van der Waals surface area contributed by atoms with Gasteiger partial charge in [0.25, 0.3) is 0 Å². The molecule has 140 valence electrons. The van der Waals surface area contributed by atoms with E-state index in [4.69, 9.17) is 4.74 Å². The van der Waals surface area contributed by atoms with Gasteiger partial charge in [0, 0.05) is 36.0 Å². The van der Waals surface area contributed by atoms with Crippen molar-refractivity contribution >= 4 is 33.7 Å². The van der Waals surface area contributed by atoms with Crippen LogP contribution in [0, 0.1) is 0 Å². The Labute approximate surface area is 165 Å². The molecular formula is C19H20N4O2S2. The molecule has 1 aliphatic rings. The minimum Gasteiger partial charge on any atom is -0.379 e. The summed E-state index contributed by atoms with van der Waals surface area (Å²) in [5.41, 5.74) is 2.83. The number of carbonyl (C=O) groups is 1. The summed E-state index contributed by atoms with van der Waals surface area (Å²) >= 11 is 3.01. The van der Waals surface area contributed by atoms with Crippen LogP contribution in [0.3, 0.4) is 0 Å². The van der Waals surface area contributed by atoms with E-state index in [9.17, 15) is 4.79 Å². The third-order valence-corrected chi connectivity index (χ3v) is 5.95. The van der Waals surface area contributed by atoms with Crippen molar-refractivity contribution < 1.29 is 9.53 Å². The van der Waals surface area contributed by atoms with E-state index in [1.807, 2.05) is 41.1 Å². The van der Waals surface area contributed by atoms with Crippen molar-refractivity contribution in [3.8, 4) is 10.6 Å². The van der Waals surface area contributed by atoms with Crippen molar-refractivity contribution in [3.63, 3.8) is 0 Å². The summed E-state index contributed by atoms with van der Waals surface area (Å²) in [6.45, 7) is 4.18. The van der Waals surface area contributed by atoms with Crippen LogP contribution in [-0.2, 0) is 22.5 Å². The van der Waals surface area contributed by atoms with Gasteiger partial charge in [-0.1, -0.05) is 30.3 Å². The average Bonchev–Trinajstić information content (AvgIpc) is 3.33. The van der Waals surface area contributed by atoms with E-state index in [0.717, 1.165) is 54.8 Å². The van der Waals surface area contributed by atoms with Gasteiger partial charge < -0.3 is 10.1 Å². The molecule has 3 heterocycles. The Bertz CT molecular complexity index is 888. The molecule has 1 fully saturated rings. The SMILES string of the molecule is O=C(Cc1csc(-c2ccccc2)n1)Nc1nc(CN2CCOCC2)cs1. The number of hydrogen-bond acceptors (Lipinski definition) is 7. The number of morpholine rings is 1. The van der Waals surface area contributed by atoms with Crippen LogP contribution in [0.4, 0.5) is 5.13 Å². The topological polar surface area (TPSA) is 67.4 Å². The zero-order valence-electron chi connectivity index (χ0n) is 14.8. The molecule has 0 saturated carbocycles. The lowest BCUT2D eigenvalue weighted by Crippen LogP contribution is -2.35. The summed E-state index contributed by atoms with van der Waals surface area (Å²) in [5, 5.41) is 8.40. The van der Waals surface area contributed by atoms with Crippen LogP contribution >= 0.6 is 22.7 Å². The molecule has 4 rings (SSSR count). The van der Waals surface area contributed by atoms with E-state index in [1.165, 1.54) is 11.3 Å². The minimum absolute atomic E-state index is 0.0906. The van der Waals surface area contributed by atoms with E-state index in [2.05, 4.69) is 20.2 Å². The molecule has 6 nitrogen and oxygen atoms in total. The van der Waals surface area contributed by atoms with Crippen molar-refractivity contribution in [1.29, 1.82) is 0 Å². The highest BCUT2D eigenvalue weighted by Gasteiger charge is 2.14. The van der Waals surface area contributed by atoms with Crippen LogP contribution in [0.15, 0.2) is 41.1 Å². The number of nitrogens with one attached hydrogen (secondary N) is 1.